The summed E-state index contributed by atoms with van der Waals surface area (Å²) in [5.74, 6) is 3.01. The largest absolute Gasteiger partial charge is 0.465 e. The van der Waals surface area contributed by atoms with Crippen molar-refractivity contribution in [3.8, 4) is 23.0 Å². The summed E-state index contributed by atoms with van der Waals surface area (Å²) in [6.07, 6.45) is 5.49. The zero-order chi connectivity index (χ0) is 22.9. The quantitative estimate of drug-likeness (QED) is 0.424. The summed E-state index contributed by atoms with van der Waals surface area (Å²) < 4.78 is 13.8. The average molecular weight is 535 g/mol. The second kappa shape index (κ2) is 9.26. The van der Waals surface area contributed by atoms with Crippen molar-refractivity contribution in [2.24, 2.45) is 5.92 Å². The molecule has 5 rings (SSSR count). The molecule has 0 spiro atoms. The molecule has 1 amide bonds. The van der Waals surface area contributed by atoms with Crippen molar-refractivity contribution < 1.29 is 19.4 Å². The zero-order valence-electron chi connectivity index (χ0n) is 17.7. The minimum atomic E-state index is -0.944. The number of nitrogen functional groups attached to an aromatic ring is 1. The van der Waals surface area contributed by atoms with E-state index >= 15 is 0 Å². The van der Waals surface area contributed by atoms with Crippen LogP contribution in [0.3, 0.4) is 0 Å². The van der Waals surface area contributed by atoms with Crippen LogP contribution in [-0.4, -0.2) is 43.6 Å². The Labute approximate surface area is 202 Å². The van der Waals surface area contributed by atoms with E-state index in [2.05, 4.69) is 31.2 Å². The Morgan fingerprint density at radius 2 is 2.00 bits per heavy atom. The molecule has 174 valence electrons. The summed E-state index contributed by atoms with van der Waals surface area (Å²) in [7, 11) is 0. The SMILES string of the molecule is Nc1ncn(CCC2CCC(NC(=O)O)CC2)c2nc(Sc3cc4c(cc3Br)OCO4)nc1-2. The zero-order valence-corrected chi connectivity index (χ0v) is 20.1. The molecule has 0 saturated heterocycles. The molecule has 0 radical (unpaired) electrons. The van der Waals surface area contributed by atoms with Crippen LogP contribution in [0.2, 0.25) is 0 Å². The number of carboxylic acid groups (broad SMARTS) is 1. The first-order valence-corrected chi connectivity index (χ1v) is 12.3. The highest BCUT2D eigenvalue weighted by Crippen LogP contribution is 2.43. The van der Waals surface area contributed by atoms with Crippen LogP contribution >= 0.6 is 27.7 Å². The lowest BCUT2D eigenvalue weighted by Crippen LogP contribution is -2.36. The number of aryl methyl sites for hydroxylation is 1. The van der Waals surface area contributed by atoms with Crippen LogP contribution in [0.25, 0.3) is 11.5 Å². The van der Waals surface area contributed by atoms with Gasteiger partial charge in [0.05, 0.1) is 6.33 Å². The molecule has 1 aromatic rings. The van der Waals surface area contributed by atoms with Crippen molar-refractivity contribution in [1.29, 1.82) is 0 Å². The summed E-state index contributed by atoms with van der Waals surface area (Å²) in [5, 5.41) is 12.1. The smallest absolute Gasteiger partial charge is 0.404 e. The number of rotatable bonds is 6. The molecule has 4 aliphatic rings. The van der Waals surface area contributed by atoms with Crippen molar-refractivity contribution in [2.45, 2.75) is 54.7 Å². The van der Waals surface area contributed by atoms with Crippen molar-refractivity contribution >= 4 is 39.6 Å². The fourth-order valence-corrected chi connectivity index (χ4v) is 5.66. The van der Waals surface area contributed by atoms with E-state index in [1.165, 1.54) is 11.8 Å². The molecule has 0 atom stereocenters. The fourth-order valence-electron chi connectivity index (χ4n) is 4.31. The van der Waals surface area contributed by atoms with Crippen molar-refractivity contribution in [1.82, 2.24) is 24.8 Å². The third-order valence-electron chi connectivity index (χ3n) is 6.05. The van der Waals surface area contributed by atoms with Crippen molar-refractivity contribution in [3.63, 3.8) is 0 Å². The summed E-state index contributed by atoms with van der Waals surface area (Å²) >= 11 is 4.99. The second-order valence-corrected chi connectivity index (χ2v) is 10.1. The van der Waals surface area contributed by atoms with E-state index in [0.29, 0.717) is 39.9 Å². The number of nitrogens with two attached hydrogens (primary N) is 1. The molecule has 33 heavy (non-hydrogen) atoms. The Balaban J connectivity index is 1.28. The Morgan fingerprint density at radius 3 is 2.76 bits per heavy atom. The predicted molar refractivity (Wildman–Crippen MR) is 125 cm³/mol. The number of ether oxygens (including phenoxy) is 2. The van der Waals surface area contributed by atoms with Crippen molar-refractivity contribution in [3.05, 3.63) is 22.9 Å². The number of amides is 1. The molecule has 3 aliphatic heterocycles. The monoisotopic (exact) mass is 534 g/mol. The van der Waals surface area contributed by atoms with Crippen LogP contribution in [0.15, 0.2) is 33.0 Å². The minimum Gasteiger partial charge on any atom is -0.465 e. The Morgan fingerprint density at radius 1 is 1.24 bits per heavy atom. The van der Waals surface area contributed by atoms with Crippen LogP contribution in [0.1, 0.15) is 32.1 Å². The molecule has 3 heterocycles. The number of anilines is 1. The molecule has 0 aromatic heterocycles. The highest BCUT2D eigenvalue weighted by Gasteiger charge is 2.25. The van der Waals surface area contributed by atoms with Gasteiger partial charge in [0.25, 0.3) is 0 Å². The first-order chi connectivity index (χ1) is 16.0. The highest BCUT2D eigenvalue weighted by molar-refractivity contribution is 9.10. The third kappa shape index (κ3) is 4.81. The summed E-state index contributed by atoms with van der Waals surface area (Å²) in [4.78, 5) is 25.4. The first-order valence-electron chi connectivity index (χ1n) is 10.7. The van der Waals surface area contributed by atoms with E-state index in [9.17, 15) is 4.79 Å². The van der Waals surface area contributed by atoms with E-state index in [1.54, 1.807) is 6.33 Å². The topological polar surface area (TPSA) is 137 Å². The molecular weight excluding hydrogens is 512 g/mol. The maximum Gasteiger partial charge on any atom is 0.404 e. The summed E-state index contributed by atoms with van der Waals surface area (Å²) in [6.45, 7) is 0.967. The van der Waals surface area contributed by atoms with Crippen LogP contribution in [0, 0.1) is 5.92 Å². The number of carbonyl (C=O) groups is 1. The van der Waals surface area contributed by atoms with Gasteiger partial charge in [0.15, 0.2) is 34.0 Å². The summed E-state index contributed by atoms with van der Waals surface area (Å²) in [6, 6.07) is 3.85. The maximum absolute atomic E-state index is 10.8. The molecule has 1 fully saturated rings. The van der Waals surface area contributed by atoms with Gasteiger partial charge in [-0.3, -0.25) is 0 Å². The minimum absolute atomic E-state index is 0.0623. The number of hydrogen-bond acceptors (Lipinski definition) is 8. The van der Waals surface area contributed by atoms with Gasteiger partial charge in [0, 0.05) is 22.0 Å². The van der Waals surface area contributed by atoms with E-state index in [1.807, 2.05) is 16.7 Å². The number of hydrogen-bond donors (Lipinski definition) is 3. The maximum atomic E-state index is 10.8. The van der Waals surface area contributed by atoms with Gasteiger partial charge in [-0.25, -0.2) is 19.7 Å². The standard InChI is InChI=1S/C21H23BrN6O4S/c22-13-7-14-15(32-10-31-14)8-16(13)33-20-26-17-18(23)24-9-28(19(17)27-20)6-5-11-1-3-12(4-2-11)25-21(29)30/h7-9,11-12,25H,1-6,10,23H2,(H,29,30). The first kappa shape index (κ1) is 22.1. The fraction of sp³-hybridized carbons (Fsp3) is 0.429. The Hall–Kier alpha value is -2.73. The Kier molecular flexibility index (Phi) is 6.19. The second-order valence-electron chi connectivity index (χ2n) is 8.20. The van der Waals surface area contributed by atoms with Gasteiger partial charge in [-0.2, -0.15) is 0 Å². The highest BCUT2D eigenvalue weighted by atomic mass is 79.9. The van der Waals surface area contributed by atoms with Crippen LogP contribution < -0.4 is 20.5 Å². The van der Waals surface area contributed by atoms with Gasteiger partial charge in [-0.1, -0.05) is 0 Å². The van der Waals surface area contributed by atoms with Gasteiger partial charge in [0.2, 0.25) is 6.79 Å². The number of imidazole rings is 1. The van der Waals surface area contributed by atoms with Gasteiger partial charge < -0.3 is 30.2 Å². The predicted octanol–water partition coefficient (Wildman–Crippen LogP) is 4.22. The molecular formula is C21H23BrN6O4S. The van der Waals surface area contributed by atoms with Crippen molar-refractivity contribution in [2.75, 3.05) is 12.5 Å². The van der Waals surface area contributed by atoms with Gasteiger partial charge in [0.1, 0.15) is 0 Å². The van der Waals surface area contributed by atoms with Gasteiger partial charge >= 0.3 is 6.09 Å². The van der Waals surface area contributed by atoms with Gasteiger partial charge in [-0.05, 0) is 77.8 Å². The number of nitrogens with one attached hydrogen (secondary N) is 1. The number of fused-ring (bicyclic) bond motifs is 2. The van der Waals surface area contributed by atoms with Crippen LogP contribution in [-0.2, 0) is 6.54 Å². The molecule has 12 heteroatoms. The Bertz CT molecular complexity index is 1150. The third-order valence-corrected chi connectivity index (χ3v) is 7.89. The van der Waals surface area contributed by atoms with E-state index < -0.39 is 6.09 Å². The molecule has 1 aliphatic carbocycles. The normalized spacial score (nSPS) is 19.7. The number of aromatic nitrogens is 4. The van der Waals surface area contributed by atoms with Crippen LogP contribution in [0.4, 0.5) is 10.6 Å². The number of halogens is 1. The number of nitrogens with zero attached hydrogens (tertiary/aromatic N) is 4. The van der Waals surface area contributed by atoms with Crippen LogP contribution in [0.5, 0.6) is 11.5 Å². The lowest BCUT2D eigenvalue weighted by Gasteiger charge is -2.28. The molecule has 4 N–H and O–H groups in total. The van der Waals surface area contributed by atoms with E-state index in [-0.39, 0.29) is 12.8 Å². The molecule has 0 unspecified atom stereocenters. The summed E-state index contributed by atoms with van der Waals surface area (Å²) in [5.41, 5.74) is 6.68. The van der Waals surface area contributed by atoms with E-state index in [4.69, 9.17) is 25.3 Å². The number of benzene rings is 1. The van der Waals surface area contributed by atoms with E-state index in [0.717, 1.165) is 48.0 Å². The lowest BCUT2D eigenvalue weighted by atomic mass is 9.84. The molecule has 10 nitrogen and oxygen atoms in total. The molecule has 1 aromatic carbocycles. The average Bonchev–Trinajstić information content (AvgIpc) is 3.41. The molecule has 1 saturated carbocycles. The van der Waals surface area contributed by atoms with Gasteiger partial charge in [-0.15, -0.1) is 0 Å². The lowest BCUT2D eigenvalue weighted by molar-refractivity contribution is 0.174. The molecule has 0 bridgehead atoms.